The highest BCUT2D eigenvalue weighted by Gasteiger charge is 2.25. The van der Waals surface area contributed by atoms with Gasteiger partial charge < -0.3 is 14.3 Å². The highest BCUT2D eigenvalue weighted by Crippen LogP contribution is 2.21. The molecular formula is C31H58O5. The van der Waals surface area contributed by atoms with E-state index in [2.05, 4.69) is 27.7 Å². The van der Waals surface area contributed by atoms with E-state index in [1.54, 1.807) is 6.92 Å². The Kier molecular flexibility index (Phi) is 23.0. The van der Waals surface area contributed by atoms with E-state index in [4.69, 9.17) is 9.47 Å². The van der Waals surface area contributed by atoms with Crippen LogP contribution >= 0.6 is 0 Å². The summed E-state index contributed by atoms with van der Waals surface area (Å²) in [7, 11) is 0. The van der Waals surface area contributed by atoms with E-state index in [9.17, 15) is 14.4 Å². The Morgan fingerprint density at radius 2 is 1.11 bits per heavy atom. The summed E-state index contributed by atoms with van der Waals surface area (Å²) in [6.45, 7) is 11.2. The number of esters is 2. The summed E-state index contributed by atoms with van der Waals surface area (Å²) in [5.41, 5.74) is 0. The molecule has 3 atom stereocenters. The van der Waals surface area contributed by atoms with Gasteiger partial charge in [-0.1, -0.05) is 105 Å². The molecule has 0 aromatic heterocycles. The minimum absolute atomic E-state index is 0.125. The van der Waals surface area contributed by atoms with Crippen LogP contribution in [0.2, 0.25) is 0 Å². The summed E-state index contributed by atoms with van der Waals surface area (Å²) >= 11 is 0. The van der Waals surface area contributed by atoms with Crippen LogP contribution in [0.4, 0.5) is 0 Å². The first kappa shape index (κ1) is 34.6. The van der Waals surface area contributed by atoms with Crippen LogP contribution in [0.25, 0.3) is 0 Å². The lowest BCUT2D eigenvalue weighted by Gasteiger charge is -2.20. The van der Waals surface area contributed by atoms with Gasteiger partial charge in [-0.25, -0.2) is 0 Å². The number of ketones is 1. The lowest BCUT2D eigenvalue weighted by atomic mass is 9.96. The molecule has 0 aliphatic rings. The Morgan fingerprint density at radius 1 is 0.611 bits per heavy atom. The SMILES string of the molecule is CCCCC(CC)COC(=O)CC(CCCCCCCCCC(C)=O)C(=O)OCC(CC)CCCC. The fourth-order valence-corrected chi connectivity index (χ4v) is 4.54. The number of unbranched alkanes of at least 4 members (excludes halogenated alkanes) is 8. The monoisotopic (exact) mass is 510 g/mol. The predicted molar refractivity (Wildman–Crippen MR) is 149 cm³/mol. The Bertz CT molecular complexity index is 559. The van der Waals surface area contributed by atoms with Crippen molar-refractivity contribution in [3.8, 4) is 0 Å². The molecule has 5 nitrogen and oxygen atoms in total. The Morgan fingerprint density at radius 3 is 1.61 bits per heavy atom. The van der Waals surface area contributed by atoms with Crippen molar-refractivity contribution >= 4 is 17.7 Å². The van der Waals surface area contributed by atoms with Gasteiger partial charge in [0.15, 0.2) is 0 Å². The number of carbonyl (C=O) groups is 3. The molecule has 0 N–H and O–H groups in total. The Labute approximate surface area is 222 Å². The zero-order chi connectivity index (χ0) is 27.0. The van der Waals surface area contributed by atoms with Crippen LogP contribution in [-0.4, -0.2) is 30.9 Å². The van der Waals surface area contributed by atoms with Crippen LogP contribution in [0.3, 0.4) is 0 Å². The number of hydrogen-bond acceptors (Lipinski definition) is 5. The molecule has 0 rings (SSSR count). The lowest BCUT2D eigenvalue weighted by molar-refractivity contribution is -0.157. The van der Waals surface area contributed by atoms with Gasteiger partial charge in [-0.3, -0.25) is 9.59 Å². The van der Waals surface area contributed by atoms with Crippen LogP contribution < -0.4 is 0 Å². The number of rotatable bonds is 25. The highest BCUT2D eigenvalue weighted by molar-refractivity contribution is 5.80. The second-order valence-corrected chi connectivity index (χ2v) is 10.8. The fourth-order valence-electron chi connectivity index (χ4n) is 4.54. The summed E-state index contributed by atoms with van der Waals surface area (Å²) in [5.74, 6) is 0.160. The van der Waals surface area contributed by atoms with E-state index < -0.39 is 5.92 Å². The molecular weight excluding hydrogens is 452 g/mol. The molecule has 212 valence electrons. The summed E-state index contributed by atoms with van der Waals surface area (Å²) in [6.07, 6.45) is 17.7. The first-order valence-corrected chi connectivity index (χ1v) is 15.2. The highest BCUT2D eigenvalue weighted by atomic mass is 16.5. The van der Waals surface area contributed by atoms with E-state index in [-0.39, 0.29) is 24.1 Å². The van der Waals surface area contributed by atoms with Crippen molar-refractivity contribution in [1.29, 1.82) is 0 Å². The molecule has 0 aromatic carbocycles. The van der Waals surface area contributed by atoms with E-state index in [0.717, 1.165) is 96.3 Å². The van der Waals surface area contributed by atoms with Gasteiger partial charge in [0.2, 0.25) is 0 Å². The zero-order valence-electron chi connectivity index (χ0n) is 24.4. The van der Waals surface area contributed by atoms with Crippen LogP contribution in [-0.2, 0) is 23.9 Å². The second-order valence-electron chi connectivity index (χ2n) is 10.8. The topological polar surface area (TPSA) is 69.7 Å². The summed E-state index contributed by atoms with van der Waals surface area (Å²) in [5, 5.41) is 0. The average Bonchev–Trinajstić information content (AvgIpc) is 2.86. The third-order valence-corrected chi connectivity index (χ3v) is 7.36. The van der Waals surface area contributed by atoms with Crippen molar-refractivity contribution in [3.63, 3.8) is 0 Å². The Balaban J connectivity index is 4.62. The number of Topliss-reactive ketones (excluding diaryl/α,β-unsaturated/α-hetero) is 1. The molecule has 0 heterocycles. The lowest BCUT2D eigenvalue weighted by Crippen LogP contribution is -2.25. The van der Waals surface area contributed by atoms with E-state index in [0.29, 0.717) is 37.9 Å². The molecule has 0 radical (unpaired) electrons. The minimum atomic E-state index is -0.410. The molecule has 0 bridgehead atoms. The van der Waals surface area contributed by atoms with Crippen molar-refractivity contribution in [1.82, 2.24) is 0 Å². The molecule has 0 saturated carbocycles. The zero-order valence-corrected chi connectivity index (χ0v) is 24.4. The molecule has 3 unspecified atom stereocenters. The normalized spacial score (nSPS) is 13.7. The van der Waals surface area contributed by atoms with Crippen molar-refractivity contribution in [2.45, 2.75) is 150 Å². The first-order valence-electron chi connectivity index (χ1n) is 15.2. The smallest absolute Gasteiger partial charge is 0.309 e. The van der Waals surface area contributed by atoms with Crippen LogP contribution in [0.1, 0.15) is 150 Å². The van der Waals surface area contributed by atoms with Gasteiger partial charge >= 0.3 is 11.9 Å². The van der Waals surface area contributed by atoms with Gasteiger partial charge in [-0.15, -0.1) is 0 Å². The maximum Gasteiger partial charge on any atom is 0.309 e. The molecule has 5 heteroatoms. The molecule has 0 saturated heterocycles. The van der Waals surface area contributed by atoms with E-state index in [1.807, 2.05) is 0 Å². The van der Waals surface area contributed by atoms with Crippen LogP contribution in [0.15, 0.2) is 0 Å². The number of carbonyl (C=O) groups excluding carboxylic acids is 3. The maximum atomic E-state index is 12.9. The van der Waals surface area contributed by atoms with Gasteiger partial charge in [-0.05, 0) is 44.4 Å². The van der Waals surface area contributed by atoms with E-state index >= 15 is 0 Å². The number of ether oxygens (including phenoxy) is 2. The average molecular weight is 511 g/mol. The van der Waals surface area contributed by atoms with Gasteiger partial charge in [0, 0.05) is 6.42 Å². The molecule has 0 fully saturated rings. The van der Waals surface area contributed by atoms with Gasteiger partial charge in [0.05, 0.1) is 25.6 Å². The Hall–Kier alpha value is -1.39. The van der Waals surface area contributed by atoms with Gasteiger partial charge in [0.25, 0.3) is 0 Å². The van der Waals surface area contributed by atoms with E-state index in [1.165, 1.54) is 0 Å². The molecule has 0 amide bonds. The number of hydrogen-bond donors (Lipinski definition) is 0. The van der Waals surface area contributed by atoms with Crippen molar-refractivity contribution < 1.29 is 23.9 Å². The predicted octanol–water partition coefficient (Wildman–Crippen LogP) is 8.61. The molecule has 0 spiro atoms. The third-order valence-electron chi connectivity index (χ3n) is 7.36. The van der Waals surface area contributed by atoms with Crippen LogP contribution in [0, 0.1) is 17.8 Å². The third kappa shape index (κ3) is 19.8. The minimum Gasteiger partial charge on any atom is -0.465 e. The van der Waals surface area contributed by atoms with Crippen molar-refractivity contribution in [3.05, 3.63) is 0 Å². The fraction of sp³-hybridized carbons (Fsp3) is 0.903. The molecule has 0 aliphatic carbocycles. The largest absolute Gasteiger partial charge is 0.465 e. The molecule has 0 aliphatic heterocycles. The summed E-state index contributed by atoms with van der Waals surface area (Å²) in [4.78, 5) is 36.6. The van der Waals surface area contributed by atoms with Gasteiger partial charge in [-0.2, -0.15) is 0 Å². The summed E-state index contributed by atoms with van der Waals surface area (Å²) in [6, 6.07) is 0. The quantitative estimate of drug-likeness (QED) is 0.0908. The van der Waals surface area contributed by atoms with Crippen molar-refractivity contribution in [2.24, 2.45) is 17.8 Å². The van der Waals surface area contributed by atoms with Crippen LogP contribution in [0.5, 0.6) is 0 Å². The molecule has 0 aromatic rings. The maximum absolute atomic E-state index is 12.9. The first-order chi connectivity index (χ1) is 17.4. The summed E-state index contributed by atoms with van der Waals surface area (Å²) < 4.78 is 11.3. The van der Waals surface area contributed by atoms with Gasteiger partial charge in [0.1, 0.15) is 5.78 Å². The molecule has 36 heavy (non-hydrogen) atoms. The second kappa shape index (κ2) is 24.0. The van der Waals surface area contributed by atoms with Crippen molar-refractivity contribution in [2.75, 3.05) is 13.2 Å². The standard InChI is InChI=1S/C31H58O5/c1-6-10-20-27(8-3)24-35-30(33)23-29(31(34)36-25-28(9-4)21-11-7-2)22-18-16-14-12-13-15-17-19-26(5)32/h27-29H,6-25H2,1-5H3.